The Hall–Kier alpha value is -1.61. The molecule has 3 nitrogen and oxygen atoms in total. The minimum Gasteiger partial charge on any atom is -0.489 e. The van der Waals surface area contributed by atoms with Crippen LogP contribution in [-0.2, 0) is 0 Å². The Morgan fingerprint density at radius 1 is 1.39 bits per heavy atom. The van der Waals surface area contributed by atoms with E-state index in [0.717, 1.165) is 29.2 Å². The van der Waals surface area contributed by atoms with Crippen LogP contribution < -0.4 is 10.1 Å². The van der Waals surface area contributed by atoms with E-state index in [1.165, 1.54) is 12.8 Å². The first-order chi connectivity index (χ1) is 8.81. The van der Waals surface area contributed by atoms with Crippen molar-refractivity contribution in [2.75, 3.05) is 6.54 Å². The van der Waals surface area contributed by atoms with E-state index in [1.54, 1.807) is 0 Å². The molecule has 0 bridgehead atoms. The molecule has 1 aliphatic carbocycles. The van der Waals surface area contributed by atoms with Crippen molar-refractivity contribution in [1.82, 2.24) is 10.3 Å². The van der Waals surface area contributed by atoms with Gasteiger partial charge in [0, 0.05) is 30.2 Å². The Morgan fingerprint density at radius 2 is 2.28 bits per heavy atom. The van der Waals surface area contributed by atoms with Crippen LogP contribution in [0.2, 0.25) is 0 Å². The third kappa shape index (κ3) is 2.79. The van der Waals surface area contributed by atoms with Crippen LogP contribution in [0.4, 0.5) is 0 Å². The zero-order valence-electron chi connectivity index (χ0n) is 10.6. The molecule has 0 radical (unpaired) electrons. The molecule has 3 rings (SSSR count). The molecule has 1 fully saturated rings. The molecular formula is C15H18N2O. The lowest BCUT2D eigenvalue weighted by molar-refractivity contribution is 0.217. The van der Waals surface area contributed by atoms with Gasteiger partial charge in [-0.15, -0.1) is 0 Å². The largest absolute Gasteiger partial charge is 0.489 e. The van der Waals surface area contributed by atoms with E-state index < -0.39 is 0 Å². The molecule has 1 N–H and O–H groups in total. The van der Waals surface area contributed by atoms with E-state index in [0.29, 0.717) is 0 Å². The molecule has 94 valence electrons. The standard InChI is InChI=1S/C15H18N2O/c1-11(10-17-13-5-6-13)18-14-7-4-12-3-2-8-16-15(12)9-14/h2-4,7-9,11,13,17H,5-6,10H2,1H3. The van der Waals surface area contributed by atoms with Crippen LogP contribution in [0.1, 0.15) is 19.8 Å². The van der Waals surface area contributed by atoms with Gasteiger partial charge in [-0.05, 0) is 38.0 Å². The Labute approximate surface area is 107 Å². The van der Waals surface area contributed by atoms with Crippen LogP contribution >= 0.6 is 0 Å². The molecule has 0 saturated heterocycles. The van der Waals surface area contributed by atoms with Crippen molar-refractivity contribution in [3.8, 4) is 5.75 Å². The van der Waals surface area contributed by atoms with Crippen LogP contribution in [0, 0.1) is 0 Å². The summed E-state index contributed by atoms with van der Waals surface area (Å²) in [5.41, 5.74) is 0.984. The van der Waals surface area contributed by atoms with Gasteiger partial charge in [0.2, 0.25) is 0 Å². The molecule has 1 atom stereocenters. The van der Waals surface area contributed by atoms with Gasteiger partial charge in [0.25, 0.3) is 0 Å². The van der Waals surface area contributed by atoms with Gasteiger partial charge in [0.05, 0.1) is 5.52 Å². The van der Waals surface area contributed by atoms with Crippen molar-refractivity contribution in [3.05, 3.63) is 36.5 Å². The number of hydrogen-bond donors (Lipinski definition) is 1. The lowest BCUT2D eigenvalue weighted by Crippen LogP contribution is -2.30. The number of nitrogens with one attached hydrogen (secondary N) is 1. The number of ether oxygens (including phenoxy) is 1. The summed E-state index contributed by atoms with van der Waals surface area (Å²) < 4.78 is 5.90. The number of fused-ring (bicyclic) bond motifs is 1. The number of aromatic nitrogens is 1. The fourth-order valence-electron chi connectivity index (χ4n) is 2.01. The zero-order valence-corrected chi connectivity index (χ0v) is 10.6. The number of pyridine rings is 1. The maximum atomic E-state index is 5.90. The van der Waals surface area contributed by atoms with Gasteiger partial charge in [0.1, 0.15) is 11.9 Å². The smallest absolute Gasteiger partial charge is 0.121 e. The Morgan fingerprint density at radius 3 is 3.11 bits per heavy atom. The van der Waals surface area contributed by atoms with Crippen molar-refractivity contribution in [1.29, 1.82) is 0 Å². The fraction of sp³-hybridized carbons (Fsp3) is 0.400. The van der Waals surface area contributed by atoms with E-state index >= 15 is 0 Å². The molecule has 0 spiro atoms. The summed E-state index contributed by atoms with van der Waals surface area (Å²) >= 11 is 0. The van der Waals surface area contributed by atoms with Gasteiger partial charge in [-0.3, -0.25) is 4.98 Å². The summed E-state index contributed by atoms with van der Waals surface area (Å²) in [6.07, 6.45) is 4.62. The van der Waals surface area contributed by atoms with E-state index in [-0.39, 0.29) is 6.10 Å². The van der Waals surface area contributed by atoms with Crippen LogP contribution in [0.5, 0.6) is 5.75 Å². The first-order valence-electron chi connectivity index (χ1n) is 6.56. The average Bonchev–Trinajstić information content (AvgIpc) is 3.20. The molecule has 3 heteroatoms. The number of nitrogens with zero attached hydrogens (tertiary/aromatic N) is 1. The summed E-state index contributed by atoms with van der Waals surface area (Å²) in [5, 5.41) is 4.62. The van der Waals surface area contributed by atoms with Gasteiger partial charge in [-0.2, -0.15) is 0 Å². The highest BCUT2D eigenvalue weighted by molar-refractivity contribution is 5.79. The number of hydrogen-bond acceptors (Lipinski definition) is 3. The average molecular weight is 242 g/mol. The minimum atomic E-state index is 0.187. The molecule has 0 aliphatic heterocycles. The molecule has 18 heavy (non-hydrogen) atoms. The van der Waals surface area contributed by atoms with Crippen LogP contribution in [-0.4, -0.2) is 23.7 Å². The lowest BCUT2D eigenvalue weighted by Gasteiger charge is -2.15. The van der Waals surface area contributed by atoms with Crippen LogP contribution in [0.3, 0.4) is 0 Å². The van der Waals surface area contributed by atoms with Crippen LogP contribution in [0.25, 0.3) is 10.9 Å². The summed E-state index contributed by atoms with van der Waals surface area (Å²) in [6, 6.07) is 10.8. The number of rotatable bonds is 5. The molecule has 2 aromatic rings. The summed E-state index contributed by atoms with van der Waals surface area (Å²) in [6.45, 7) is 3.00. The fourth-order valence-corrected chi connectivity index (χ4v) is 2.01. The Bertz CT molecular complexity index is 537. The van der Waals surface area contributed by atoms with E-state index in [9.17, 15) is 0 Å². The predicted molar refractivity (Wildman–Crippen MR) is 72.9 cm³/mol. The molecule has 1 unspecified atom stereocenters. The highest BCUT2D eigenvalue weighted by Gasteiger charge is 2.21. The summed E-state index contributed by atoms with van der Waals surface area (Å²) in [7, 11) is 0. The summed E-state index contributed by atoms with van der Waals surface area (Å²) in [5.74, 6) is 0.895. The van der Waals surface area contributed by atoms with Gasteiger partial charge in [-0.25, -0.2) is 0 Å². The van der Waals surface area contributed by atoms with Gasteiger partial charge in [-0.1, -0.05) is 6.07 Å². The molecule has 0 amide bonds. The normalized spacial score (nSPS) is 16.7. The molecule has 1 saturated carbocycles. The molecular weight excluding hydrogens is 224 g/mol. The van der Waals surface area contributed by atoms with Crippen LogP contribution in [0.15, 0.2) is 36.5 Å². The van der Waals surface area contributed by atoms with E-state index in [4.69, 9.17) is 4.74 Å². The second kappa shape index (κ2) is 4.94. The topological polar surface area (TPSA) is 34.1 Å². The zero-order chi connectivity index (χ0) is 12.4. The number of benzene rings is 1. The first-order valence-corrected chi connectivity index (χ1v) is 6.56. The highest BCUT2D eigenvalue weighted by atomic mass is 16.5. The Balaban J connectivity index is 1.65. The van der Waals surface area contributed by atoms with Gasteiger partial charge in [0.15, 0.2) is 0 Å². The lowest BCUT2D eigenvalue weighted by atomic mass is 10.2. The van der Waals surface area contributed by atoms with E-state index in [1.807, 2.05) is 24.4 Å². The third-order valence-corrected chi connectivity index (χ3v) is 3.19. The second-order valence-electron chi connectivity index (χ2n) is 4.97. The Kier molecular flexibility index (Phi) is 3.15. The van der Waals surface area contributed by atoms with Crippen molar-refractivity contribution < 1.29 is 4.74 Å². The third-order valence-electron chi connectivity index (χ3n) is 3.19. The molecule has 1 aromatic heterocycles. The predicted octanol–water partition coefficient (Wildman–Crippen LogP) is 2.75. The van der Waals surface area contributed by atoms with Gasteiger partial charge < -0.3 is 10.1 Å². The van der Waals surface area contributed by atoms with Crippen molar-refractivity contribution in [2.24, 2.45) is 0 Å². The monoisotopic (exact) mass is 242 g/mol. The minimum absolute atomic E-state index is 0.187. The van der Waals surface area contributed by atoms with Crippen molar-refractivity contribution in [2.45, 2.75) is 31.9 Å². The second-order valence-corrected chi connectivity index (χ2v) is 4.97. The maximum absolute atomic E-state index is 5.90. The quantitative estimate of drug-likeness (QED) is 0.875. The van der Waals surface area contributed by atoms with Crippen molar-refractivity contribution in [3.63, 3.8) is 0 Å². The molecule has 1 aliphatic rings. The molecule has 1 heterocycles. The van der Waals surface area contributed by atoms with E-state index in [2.05, 4.69) is 29.4 Å². The maximum Gasteiger partial charge on any atom is 0.121 e. The highest BCUT2D eigenvalue weighted by Crippen LogP contribution is 2.21. The summed E-state index contributed by atoms with van der Waals surface area (Å²) in [4.78, 5) is 4.34. The molecule has 1 aromatic carbocycles. The van der Waals surface area contributed by atoms with Gasteiger partial charge >= 0.3 is 0 Å². The SMILES string of the molecule is CC(CNC1CC1)Oc1ccc2cccnc2c1. The van der Waals surface area contributed by atoms with Crippen molar-refractivity contribution >= 4 is 10.9 Å². The first kappa shape index (κ1) is 11.5.